The van der Waals surface area contributed by atoms with Crippen molar-refractivity contribution in [2.24, 2.45) is 0 Å². The molecule has 8 nitrogen and oxygen atoms in total. The van der Waals surface area contributed by atoms with Gasteiger partial charge in [-0.1, -0.05) is 36.4 Å². The number of ether oxygens (including phenoxy) is 1. The van der Waals surface area contributed by atoms with Crippen molar-refractivity contribution in [3.8, 4) is 11.4 Å². The van der Waals surface area contributed by atoms with E-state index in [4.69, 9.17) is 4.74 Å². The molecule has 0 saturated heterocycles. The van der Waals surface area contributed by atoms with Gasteiger partial charge in [0.2, 0.25) is 11.7 Å². The summed E-state index contributed by atoms with van der Waals surface area (Å²) in [5.74, 6) is -0.268. The van der Waals surface area contributed by atoms with Crippen LogP contribution in [0.25, 0.3) is 11.4 Å². The number of rotatable bonds is 8. The van der Waals surface area contributed by atoms with Crippen LogP contribution < -0.4 is 5.32 Å². The monoisotopic (exact) mass is 407 g/mol. The molecule has 0 spiro atoms. The summed E-state index contributed by atoms with van der Waals surface area (Å²) in [6.45, 7) is 6.14. The Hall–Kier alpha value is -3.55. The molecule has 1 amide bonds. The maximum Gasteiger partial charge on any atom is 0.338 e. The Labute approximate surface area is 175 Å². The third kappa shape index (κ3) is 5.73. The Morgan fingerprint density at radius 3 is 2.70 bits per heavy atom. The molecule has 0 unspecified atom stereocenters. The van der Waals surface area contributed by atoms with E-state index in [-0.39, 0.29) is 18.6 Å². The van der Waals surface area contributed by atoms with E-state index in [1.807, 2.05) is 12.1 Å². The molecule has 0 bridgehead atoms. The van der Waals surface area contributed by atoms with Gasteiger partial charge in [0, 0.05) is 12.1 Å². The number of esters is 1. The first-order valence-electron chi connectivity index (χ1n) is 9.83. The van der Waals surface area contributed by atoms with Crippen molar-refractivity contribution in [1.82, 2.24) is 25.5 Å². The van der Waals surface area contributed by atoms with Crippen LogP contribution in [0.1, 0.15) is 35.3 Å². The lowest BCUT2D eigenvalue weighted by atomic mass is 10.1. The molecule has 1 N–H and O–H groups in total. The number of tetrazole rings is 1. The third-order valence-corrected chi connectivity index (χ3v) is 4.41. The van der Waals surface area contributed by atoms with E-state index in [1.54, 1.807) is 38.1 Å². The number of amides is 1. The van der Waals surface area contributed by atoms with Crippen molar-refractivity contribution in [3.05, 3.63) is 65.2 Å². The zero-order valence-electron chi connectivity index (χ0n) is 17.3. The van der Waals surface area contributed by atoms with Crippen LogP contribution >= 0.6 is 0 Å². The Morgan fingerprint density at radius 2 is 1.93 bits per heavy atom. The predicted molar refractivity (Wildman–Crippen MR) is 112 cm³/mol. The Balaban J connectivity index is 1.56. The van der Waals surface area contributed by atoms with Crippen LogP contribution in [-0.2, 0) is 22.5 Å². The highest BCUT2D eigenvalue weighted by molar-refractivity contribution is 5.90. The van der Waals surface area contributed by atoms with Crippen LogP contribution in [0.5, 0.6) is 0 Å². The second-order valence-electron chi connectivity index (χ2n) is 7.20. The minimum Gasteiger partial charge on any atom is -0.459 e. The van der Waals surface area contributed by atoms with Crippen LogP contribution in [0.2, 0.25) is 0 Å². The standard InChI is InChI=1S/C22H25N5O3/c1-15(2)30-22(29)19-10-6-9-18(13-19)21-24-26-27(25-21)14-20(28)23-12-11-17-8-5-4-7-16(17)3/h4-10,13,15H,11-12,14H2,1-3H3,(H,23,28). The lowest BCUT2D eigenvalue weighted by molar-refractivity contribution is -0.122. The van der Waals surface area contributed by atoms with Gasteiger partial charge in [0.25, 0.3) is 0 Å². The summed E-state index contributed by atoms with van der Waals surface area (Å²) in [7, 11) is 0. The molecule has 30 heavy (non-hydrogen) atoms. The maximum absolute atomic E-state index is 12.2. The summed E-state index contributed by atoms with van der Waals surface area (Å²) in [5.41, 5.74) is 3.44. The van der Waals surface area contributed by atoms with E-state index < -0.39 is 5.97 Å². The van der Waals surface area contributed by atoms with Crippen molar-refractivity contribution in [2.45, 2.75) is 39.8 Å². The van der Waals surface area contributed by atoms with Gasteiger partial charge in [-0.2, -0.15) is 4.80 Å². The molecule has 2 aromatic carbocycles. The number of aromatic nitrogens is 4. The van der Waals surface area contributed by atoms with Crippen LogP contribution in [0, 0.1) is 6.92 Å². The first kappa shape index (κ1) is 21.2. The number of aryl methyl sites for hydroxylation is 1. The first-order chi connectivity index (χ1) is 14.4. The van der Waals surface area contributed by atoms with Gasteiger partial charge in [-0.25, -0.2) is 4.79 Å². The van der Waals surface area contributed by atoms with Crippen molar-refractivity contribution in [3.63, 3.8) is 0 Å². The van der Waals surface area contributed by atoms with Crippen molar-refractivity contribution in [1.29, 1.82) is 0 Å². The molecule has 0 aliphatic heterocycles. The van der Waals surface area contributed by atoms with Gasteiger partial charge >= 0.3 is 5.97 Å². The molecular weight excluding hydrogens is 382 g/mol. The molecular formula is C22H25N5O3. The van der Waals surface area contributed by atoms with Crippen LogP contribution in [0.15, 0.2) is 48.5 Å². The van der Waals surface area contributed by atoms with Gasteiger partial charge in [-0.05, 0) is 55.7 Å². The highest BCUT2D eigenvalue weighted by Crippen LogP contribution is 2.16. The van der Waals surface area contributed by atoms with Crippen LogP contribution in [0.4, 0.5) is 0 Å². The van der Waals surface area contributed by atoms with E-state index in [2.05, 4.69) is 39.8 Å². The van der Waals surface area contributed by atoms with E-state index in [1.165, 1.54) is 15.9 Å². The average molecular weight is 407 g/mol. The van der Waals surface area contributed by atoms with E-state index >= 15 is 0 Å². The number of carbonyl (C=O) groups excluding carboxylic acids is 2. The number of benzene rings is 2. The molecule has 0 radical (unpaired) electrons. The quantitative estimate of drug-likeness (QED) is 0.576. The second-order valence-corrected chi connectivity index (χ2v) is 7.20. The lowest BCUT2D eigenvalue weighted by Gasteiger charge is -2.08. The minimum absolute atomic E-state index is 0.0319. The fourth-order valence-electron chi connectivity index (χ4n) is 2.90. The van der Waals surface area contributed by atoms with Gasteiger partial charge in [-0.15, -0.1) is 10.2 Å². The van der Waals surface area contributed by atoms with Gasteiger partial charge in [0.05, 0.1) is 11.7 Å². The fraction of sp³-hybridized carbons (Fsp3) is 0.318. The molecule has 156 valence electrons. The number of nitrogens with zero attached hydrogens (tertiary/aromatic N) is 4. The highest BCUT2D eigenvalue weighted by Gasteiger charge is 2.13. The van der Waals surface area contributed by atoms with E-state index in [0.717, 1.165) is 6.42 Å². The van der Waals surface area contributed by atoms with Gasteiger partial charge < -0.3 is 10.1 Å². The van der Waals surface area contributed by atoms with Gasteiger partial charge in [0.15, 0.2) is 0 Å². The molecule has 1 aromatic heterocycles. The number of hydrogen-bond acceptors (Lipinski definition) is 6. The summed E-state index contributed by atoms with van der Waals surface area (Å²) in [4.78, 5) is 25.5. The number of carbonyl (C=O) groups is 2. The first-order valence-corrected chi connectivity index (χ1v) is 9.83. The van der Waals surface area contributed by atoms with E-state index in [9.17, 15) is 9.59 Å². The highest BCUT2D eigenvalue weighted by atomic mass is 16.5. The Kier molecular flexibility index (Phi) is 6.90. The summed E-state index contributed by atoms with van der Waals surface area (Å²) in [6, 6.07) is 14.9. The summed E-state index contributed by atoms with van der Waals surface area (Å²) in [5, 5.41) is 15.0. The Bertz CT molecular complexity index is 1030. The molecule has 0 fully saturated rings. The molecule has 3 aromatic rings. The zero-order valence-corrected chi connectivity index (χ0v) is 17.3. The smallest absolute Gasteiger partial charge is 0.338 e. The van der Waals surface area contributed by atoms with Crippen LogP contribution in [0.3, 0.4) is 0 Å². The van der Waals surface area contributed by atoms with Crippen molar-refractivity contribution >= 4 is 11.9 Å². The largest absolute Gasteiger partial charge is 0.459 e. The molecule has 1 heterocycles. The second kappa shape index (κ2) is 9.78. The predicted octanol–water partition coefficient (Wildman–Crippen LogP) is 2.57. The summed E-state index contributed by atoms with van der Waals surface area (Å²) < 4.78 is 5.21. The Morgan fingerprint density at radius 1 is 1.13 bits per heavy atom. The topological polar surface area (TPSA) is 99.0 Å². The normalized spacial score (nSPS) is 10.8. The molecule has 0 aliphatic carbocycles. The summed E-state index contributed by atoms with van der Waals surface area (Å²) >= 11 is 0. The number of nitrogens with one attached hydrogen (secondary N) is 1. The molecule has 0 atom stereocenters. The molecule has 8 heteroatoms. The molecule has 0 saturated carbocycles. The fourth-order valence-corrected chi connectivity index (χ4v) is 2.90. The average Bonchev–Trinajstić information content (AvgIpc) is 3.17. The molecule has 3 rings (SSSR count). The van der Waals surface area contributed by atoms with Gasteiger partial charge in [0.1, 0.15) is 6.54 Å². The van der Waals surface area contributed by atoms with E-state index in [0.29, 0.717) is 23.5 Å². The maximum atomic E-state index is 12.2. The van der Waals surface area contributed by atoms with Gasteiger partial charge in [-0.3, -0.25) is 4.79 Å². The SMILES string of the molecule is Cc1ccccc1CCNC(=O)Cn1nnc(-c2cccc(C(=O)OC(C)C)c2)n1. The zero-order chi connectivity index (χ0) is 21.5. The molecule has 0 aliphatic rings. The minimum atomic E-state index is -0.410. The van der Waals surface area contributed by atoms with Crippen LogP contribution in [-0.4, -0.2) is 44.7 Å². The third-order valence-electron chi connectivity index (χ3n) is 4.41. The van der Waals surface area contributed by atoms with Crippen molar-refractivity contribution < 1.29 is 14.3 Å². The van der Waals surface area contributed by atoms with Crippen molar-refractivity contribution in [2.75, 3.05) is 6.54 Å². The summed E-state index contributed by atoms with van der Waals surface area (Å²) in [6.07, 6.45) is 0.553. The number of hydrogen-bond donors (Lipinski definition) is 1. The lowest BCUT2D eigenvalue weighted by Crippen LogP contribution is -2.30.